The van der Waals surface area contributed by atoms with Gasteiger partial charge in [0, 0.05) is 34.9 Å². The van der Waals surface area contributed by atoms with Gasteiger partial charge in [0.2, 0.25) is 11.6 Å². The van der Waals surface area contributed by atoms with Crippen molar-refractivity contribution in [1.82, 2.24) is 39.0 Å². The Labute approximate surface area is 320 Å². The summed E-state index contributed by atoms with van der Waals surface area (Å²) < 4.78 is 84.6. The normalized spacial score (nSPS) is 11.0. The average Bonchev–Trinajstić information content (AvgIpc) is 3.69. The number of ether oxygens (including phenoxy) is 1. The van der Waals surface area contributed by atoms with Crippen LogP contribution in [0, 0.1) is 51.4 Å². The van der Waals surface area contributed by atoms with Crippen LogP contribution in [0.5, 0.6) is 0 Å². The molecule has 18 heteroatoms. The van der Waals surface area contributed by atoms with Gasteiger partial charge in [0.05, 0.1) is 42.3 Å². The lowest BCUT2D eigenvalue weighted by Gasteiger charge is -2.08. The third kappa shape index (κ3) is 9.67. The van der Waals surface area contributed by atoms with Crippen LogP contribution in [-0.4, -0.2) is 58.0 Å². The molecule has 0 bridgehead atoms. The summed E-state index contributed by atoms with van der Waals surface area (Å²) in [5.74, 6) is 9.19. The van der Waals surface area contributed by atoms with Gasteiger partial charge in [-0.05, 0) is 88.1 Å². The molecule has 6 rings (SSSR count). The van der Waals surface area contributed by atoms with Gasteiger partial charge in [-0.15, -0.1) is 0 Å². The second-order valence-electron chi connectivity index (χ2n) is 11.9. The van der Waals surface area contributed by atoms with Gasteiger partial charge in [-0.2, -0.15) is 26.3 Å². The van der Waals surface area contributed by atoms with Crippen LogP contribution in [0.25, 0.3) is 11.4 Å². The van der Waals surface area contributed by atoms with E-state index in [-0.39, 0.29) is 34.2 Å². The predicted octanol–water partition coefficient (Wildman–Crippen LogP) is 6.28. The summed E-state index contributed by atoms with van der Waals surface area (Å²) in [4.78, 5) is 47.3. The van der Waals surface area contributed by atoms with Gasteiger partial charge in [-0.3, -0.25) is 33.9 Å². The van der Waals surface area contributed by atoms with Gasteiger partial charge in [-0.25, -0.2) is 14.8 Å². The van der Waals surface area contributed by atoms with Crippen molar-refractivity contribution in [2.45, 2.75) is 40.0 Å². The lowest BCUT2D eigenvalue weighted by atomic mass is 10.2. The fraction of sp³-hybridized carbons (Fsp3) is 0.179. The third-order valence-corrected chi connectivity index (χ3v) is 7.86. The molecule has 12 nitrogen and oxygen atoms in total. The number of alkyl halides is 6. The van der Waals surface area contributed by atoms with Crippen LogP contribution in [0.15, 0.2) is 73.3 Å². The van der Waals surface area contributed by atoms with Crippen LogP contribution < -0.4 is 5.73 Å². The first-order chi connectivity index (χ1) is 26.9. The number of pyridine rings is 4. The van der Waals surface area contributed by atoms with Gasteiger partial charge < -0.3 is 10.5 Å². The first-order valence-electron chi connectivity index (χ1n) is 16.4. The van der Waals surface area contributed by atoms with Crippen molar-refractivity contribution in [3.05, 3.63) is 142 Å². The average molecular weight is 786 g/mol. The zero-order valence-electron chi connectivity index (χ0n) is 30.6. The Bertz CT molecular complexity index is 2590. The van der Waals surface area contributed by atoms with Crippen LogP contribution in [-0.2, 0) is 17.1 Å². The Hall–Kier alpha value is -7.34. The van der Waals surface area contributed by atoms with Gasteiger partial charge in [0.1, 0.15) is 22.8 Å². The van der Waals surface area contributed by atoms with Gasteiger partial charge in [-0.1, -0.05) is 11.8 Å². The highest BCUT2D eigenvalue weighted by atomic mass is 19.4. The van der Waals surface area contributed by atoms with E-state index in [9.17, 15) is 35.9 Å². The van der Waals surface area contributed by atoms with Crippen molar-refractivity contribution < 1.29 is 40.7 Å². The number of rotatable bonds is 4. The van der Waals surface area contributed by atoms with E-state index in [2.05, 4.69) is 53.6 Å². The summed E-state index contributed by atoms with van der Waals surface area (Å²) in [6.45, 7) is 7.01. The Morgan fingerprint density at radius 2 is 1.05 bits per heavy atom. The van der Waals surface area contributed by atoms with Crippen molar-refractivity contribution in [3.63, 3.8) is 0 Å². The number of halogens is 6. The van der Waals surface area contributed by atoms with E-state index in [1.165, 1.54) is 28.4 Å². The molecule has 1 amide bonds. The number of imidazole rings is 2. The minimum atomic E-state index is -4.56. The summed E-state index contributed by atoms with van der Waals surface area (Å²) in [5, 5.41) is 0. The number of amides is 1. The summed E-state index contributed by atoms with van der Waals surface area (Å²) in [5.41, 5.74) is 7.81. The van der Waals surface area contributed by atoms with Crippen LogP contribution in [0.1, 0.15) is 77.9 Å². The minimum absolute atomic E-state index is 0.00865. The molecule has 6 aromatic rings. The van der Waals surface area contributed by atoms with Crippen molar-refractivity contribution in [2.24, 2.45) is 5.73 Å². The first-order valence-corrected chi connectivity index (χ1v) is 16.4. The maximum Gasteiger partial charge on any atom is 0.433 e. The van der Waals surface area contributed by atoms with Crippen molar-refractivity contribution >= 4 is 11.9 Å². The Kier molecular flexibility index (Phi) is 11.9. The molecule has 0 aromatic carbocycles. The topological polar surface area (TPSA) is 157 Å². The number of nitrogens with zero attached hydrogens (tertiary/aromatic N) is 8. The molecule has 0 radical (unpaired) electrons. The third-order valence-electron chi connectivity index (χ3n) is 7.86. The van der Waals surface area contributed by atoms with E-state index >= 15 is 0 Å². The Morgan fingerprint density at radius 3 is 1.42 bits per heavy atom. The number of nitrogens with two attached hydrogens (primary N) is 1. The number of primary amides is 1. The summed E-state index contributed by atoms with van der Waals surface area (Å²) in [6.07, 6.45) is -3.92. The molecule has 0 atom stereocenters. The number of aryl methyl sites for hydroxylation is 2. The van der Waals surface area contributed by atoms with E-state index in [0.717, 1.165) is 35.9 Å². The van der Waals surface area contributed by atoms with Crippen LogP contribution >= 0.6 is 0 Å². The van der Waals surface area contributed by atoms with Crippen LogP contribution in [0.3, 0.4) is 0 Å². The van der Waals surface area contributed by atoms with E-state index in [4.69, 9.17) is 10.5 Å². The summed E-state index contributed by atoms with van der Waals surface area (Å²) in [6, 6.07) is 11.5. The molecule has 57 heavy (non-hydrogen) atoms. The number of aromatic nitrogens is 8. The molecule has 0 aliphatic rings. The number of methoxy groups -OCH3 is 1. The molecule has 0 spiro atoms. The SMILES string of the molecule is COC(=O)c1nc(C#Cc2ccnc(C(F)(F)F)c2)c(C)n1-c1ccc(C)nc1.Cc1ccc(-n2c(C(N)=O)nc(C#Cc3ccnc(C(F)(F)F)c3)c2C)cn1. The van der Waals surface area contributed by atoms with Gasteiger partial charge >= 0.3 is 18.3 Å². The second-order valence-corrected chi connectivity index (χ2v) is 11.9. The minimum Gasteiger partial charge on any atom is -0.463 e. The first kappa shape index (κ1) is 40.8. The largest absolute Gasteiger partial charge is 0.463 e. The molecular formula is C39H29F6N9O3. The van der Waals surface area contributed by atoms with E-state index in [1.54, 1.807) is 50.5 Å². The molecule has 0 fully saturated rings. The van der Waals surface area contributed by atoms with E-state index in [0.29, 0.717) is 22.8 Å². The van der Waals surface area contributed by atoms with E-state index < -0.39 is 35.6 Å². The molecule has 0 unspecified atom stereocenters. The summed E-state index contributed by atoms with van der Waals surface area (Å²) in [7, 11) is 1.23. The molecule has 2 N–H and O–H groups in total. The highest BCUT2D eigenvalue weighted by Gasteiger charge is 2.33. The number of hydrogen-bond donors (Lipinski definition) is 1. The van der Waals surface area contributed by atoms with Gasteiger partial charge in [0.15, 0.2) is 0 Å². The highest BCUT2D eigenvalue weighted by Crippen LogP contribution is 2.29. The highest BCUT2D eigenvalue weighted by molar-refractivity contribution is 5.90. The van der Waals surface area contributed by atoms with E-state index in [1.807, 2.05) is 13.8 Å². The number of carbonyl (C=O) groups excluding carboxylic acids is 2. The van der Waals surface area contributed by atoms with Gasteiger partial charge in [0.25, 0.3) is 5.91 Å². The zero-order chi connectivity index (χ0) is 41.7. The molecule has 6 aromatic heterocycles. The Balaban J connectivity index is 0.000000218. The number of esters is 1. The maximum absolute atomic E-state index is 12.8. The molecular weight excluding hydrogens is 756 g/mol. The quantitative estimate of drug-likeness (QED) is 0.123. The number of carbonyl (C=O) groups is 2. The zero-order valence-corrected chi connectivity index (χ0v) is 30.6. The fourth-order valence-electron chi connectivity index (χ4n) is 5.04. The lowest BCUT2D eigenvalue weighted by molar-refractivity contribution is -0.142. The molecule has 6 heterocycles. The Morgan fingerprint density at radius 1 is 0.632 bits per heavy atom. The fourth-order valence-corrected chi connectivity index (χ4v) is 5.04. The summed E-state index contributed by atoms with van der Waals surface area (Å²) >= 11 is 0. The van der Waals surface area contributed by atoms with Crippen molar-refractivity contribution in [2.75, 3.05) is 7.11 Å². The second kappa shape index (κ2) is 16.6. The van der Waals surface area contributed by atoms with Crippen molar-refractivity contribution in [3.8, 4) is 35.1 Å². The molecule has 0 aliphatic heterocycles. The molecule has 0 saturated heterocycles. The smallest absolute Gasteiger partial charge is 0.433 e. The maximum atomic E-state index is 12.8. The predicted molar refractivity (Wildman–Crippen MR) is 192 cm³/mol. The molecule has 0 saturated carbocycles. The monoisotopic (exact) mass is 785 g/mol. The lowest BCUT2D eigenvalue weighted by Crippen LogP contribution is -2.18. The molecule has 290 valence electrons. The van der Waals surface area contributed by atoms with Crippen LogP contribution in [0.4, 0.5) is 26.3 Å². The van der Waals surface area contributed by atoms with Crippen molar-refractivity contribution in [1.29, 1.82) is 0 Å². The molecule has 0 aliphatic carbocycles. The van der Waals surface area contributed by atoms with Crippen LogP contribution in [0.2, 0.25) is 0 Å². The standard InChI is InChI=1S/C20H15F3N4O2.C19H14F3N5O/c1-12-4-6-15(11-25-12)27-13(2)16(26-18(27)19(28)29-3)7-5-14-8-9-24-17(10-14)20(21,22)23;1-11-3-5-14(10-25-11)27-12(2)15(26-18(27)17(23)28)6-4-13-7-8-24-16(9-13)19(20,21)22/h4,6,8-11H,1-3H3;3,5,7-10H,1-2H3,(H2,23,28). The number of hydrogen-bond acceptors (Lipinski definition) is 9.